The largest absolute Gasteiger partial charge is 0.441 e. The second-order valence-corrected chi connectivity index (χ2v) is 7.16. The molecule has 2 aliphatic heterocycles. The lowest BCUT2D eigenvalue weighted by Crippen LogP contribution is -2.25. The van der Waals surface area contributed by atoms with Gasteiger partial charge < -0.3 is 25.8 Å². The maximum Gasteiger partial charge on any atom is 0.414 e. The van der Waals surface area contributed by atoms with Crippen molar-refractivity contribution in [2.75, 3.05) is 25.1 Å². The summed E-state index contributed by atoms with van der Waals surface area (Å²) in [5, 5.41) is 12.1. The Bertz CT molecular complexity index is 978. The van der Waals surface area contributed by atoms with Gasteiger partial charge in [0.25, 0.3) is 0 Å². The molecule has 1 amide bonds. The van der Waals surface area contributed by atoms with Crippen LogP contribution in [0.5, 0.6) is 0 Å². The predicted octanol–water partition coefficient (Wildman–Crippen LogP) is 2.10. The van der Waals surface area contributed by atoms with E-state index in [0.717, 1.165) is 16.7 Å². The zero-order chi connectivity index (χ0) is 20.5. The standard InChI is InChI=1S/C21H23FN4O3/c1-24-8-20(23)25-9-14-3-2-13(6-15(14)10-25)18-5-4-16(7-19(18)22)26-11-17(12-27)29-21(26)28/h2-8,17,24,27H,9-12,23H2,1H3/b20-8+/t17-/m1/s1. The van der Waals surface area contributed by atoms with Crippen molar-refractivity contribution in [3.63, 3.8) is 0 Å². The van der Waals surface area contributed by atoms with Crippen LogP contribution in [0.15, 0.2) is 48.4 Å². The topological polar surface area (TPSA) is 91.1 Å². The first kappa shape index (κ1) is 19.1. The highest BCUT2D eigenvalue weighted by molar-refractivity contribution is 5.90. The van der Waals surface area contributed by atoms with Crippen LogP contribution in [0, 0.1) is 5.82 Å². The summed E-state index contributed by atoms with van der Waals surface area (Å²) in [6, 6.07) is 10.5. The van der Waals surface area contributed by atoms with Crippen molar-refractivity contribution in [3.05, 3.63) is 65.4 Å². The molecule has 0 aromatic heterocycles. The highest BCUT2D eigenvalue weighted by Crippen LogP contribution is 2.33. The monoisotopic (exact) mass is 398 g/mol. The zero-order valence-corrected chi connectivity index (χ0v) is 16.1. The van der Waals surface area contributed by atoms with Crippen molar-refractivity contribution in [1.82, 2.24) is 10.2 Å². The average molecular weight is 398 g/mol. The molecule has 0 saturated carbocycles. The number of nitrogens with one attached hydrogen (secondary N) is 1. The highest BCUT2D eigenvalue weighted by Gasteiger charge is 2.32. The fourth-order valence-corrected chi connectivity index (χ4v) is 3.72. The van der Waals surface area contributed by atoms with Gasteiger partial charge in [-0.2, -0.15) is 0 Å². The molecule has 4 rings (SSSR count). The van der Waals surface area contributed by atoms with Crippen LogP contribution in [0.25, 0.3) is 11.1 Å². The molecule has 1 saturated heterocycles. The number of nitrogens with two attached hydrogens (primary N) is 1. The minimum atomic E-state index is -0.589. The summed E-state index contributed by atoms with van der Waals surface area (Å²) < 4.78 is 19.9. The predicted molar refractivity (Wildman–Crippen MR) is 107 cm³/mol. The summed E-state index contributed by atoms with van der Waals surface area (Å²) >= 11 is 0. The third-order valence-corrected chi connectivity index (χ3v) is 5.24. The number of hydrogen-bond acceptors (Lipinski definition) is 6. The number of halogens is 1. The van der Waals surface area contributed by atoms with Crippen LogP contribution in [0.3, 0.4) is 0 Å². The normalized spacial score (nSPS) is 18.8. The van der Waals surface area contributed by atoms with Gasteiger partial charge in [0, 0.05) is 31.9 Å². The lowest BCUT2D eigenvalue weighted by molar-refractivity contribution is 0.0963. The summed E-state index contributed by atoms with van der Waals surface area (Å²) in [4.78, 5) is 15.3. The summed E-state index contributed by atoms with van der Waals surface area (Å²) in [7, 11) is 1.80. The number of carbonyl (C=O) groups is 1. The van der Waals surface area contributed by atoms with Crippen molar-refractivity contribution < 1.29 is 19.0 Å². The Morgan fingerprint density at radius 2 is 2.10 bits per heavy atom. The second-order valence-electron chi connectivity index (χ2n) is 7.16. The van der Waals surface area contributed by atoms with E-state index < -0.39 is 18.0 Å². The van der Waals surface area contributed by atoms with Crippen LogP contribution in [0.4, 0.5) is 14.9 Å². The number of amides is 1. The molecule has 2 heterocycles. The Hall–Kier alpha value is -3.26. The molecule has 8 heteroatoms. The van der Waals surface area contributed by atoms with Gasteiger partial charge in [0.2, 0.25) is 0 Å². The van der Waals surface area contributed by atoms with Crippen molar-refractivity contribution in [2.24, 2.45) is 5.73 Å². The van der Waals surface area contributed by atoms with Gasteiger partial charge >= 0.3 is 6.09 Å². The van der Waals surface area contributed by atoms with E-state index in [-0.39, 0.29) is 13.2 Å². The van der Waals surface area contributed by atoms with Crippen molar-refractivity contribution in [2.45, 2.75) is 19.2 Å². The maximum absolute atomic E-state index is 14.9. The van der Waals surface area contributed by atoms with Gasteiger partial charge in [0.15, 0.2) is 0 Å². The molecule has 0 aliphatic carbocycles. The minimum absolute atomic E-state index is 0.199. The van der Waals surface area contributed by atoms with Gasteiger partial charge in [0.05, 0.1) is 18.8 Å². The number of hydrogen-bond donors (Lipinski definition) is 3. The molecule has 0 spiro atoms. The lowest BCUT2D eigenvalue weighted by atomic mass is 10.00. The first-order valence-electron chi connectivity index (χ1n) is 9.38. The molecule has 4 N–H and O–H groups in total. The van der Waals surface area contributed by atoms with Gasteiger partial charge in [-0.05, 0) is 41.0 Å². The number of nitrogens with zero attached hydrogens (tertiary/aromatic N) is 2. The van der Waals surface area contributed by atoms with E-state index in [2.05, 4.69) is 5.32 Å². The molecule has 0 bridgehead atoms. The van der Waals surface area contributed by atoms with Crippen LogP contribution in [-0.2, 0) is 17.8 Å². The second kappa shape index (κ2) is 7.63. The van der Waals surface area contributed by atoms with E-state index in [1.807, 2.05) is 23.1 Å². The molecule has 29 heavy (non-hydrogen) atoms. The fourth-order valence-electron chi connectivity index (χ4n) is 3.72. The van der Waals surface area contributed by atoms with E-state index >= 15 is 0 Å². The smallest absolute Gasteiger partial charge is 0.414 e. The summed E-state index contributed by atoms with van der Waals surface area (Å²) in [6.45, 7) is 1.31. The van der Waals surface area contributed by atoms with Crippen molar-refractivity contribution >= 4 is 11.8 Å². The Balaban J connectivity index is 1.57. The van der Waals surface area contributed by atoms with Crippen LogP contribution in [0.2, 0.25) is 0 Å². The molecule has 1 fully saturated rings. The first-order valence-corrected chi connectivity index (χ1v) is 9.38. The third-order valence-electron chi connectivity index (χ3n) is 5.24. The summed E-state index contributed by atoms with van der Waals surface area (Å²) in [5.74, 6) is 0.228. The Labute approximate surface area is 168 Å². The number of rotatable bonds is 5. The number of ether oxygens (including phenoxy) is 1. The highest BCUT2D eigenvalue weighted by atomic mass is 19.1. The van der Waals surface area contributed by atoms with Gasteiger partial charge in [-0.15, -0.1) is 0 Å². The Morgan fingerprint density at radius 3 is 2.79 bits per heavy atom. The number of aliphatic hydroxyl groups excluding tert-OH is 1. The SMILES string of the molecule is CN/C=C(\N)N1Cc2ccc(-c3ccc(N4C[C@H](CO)OC4=O)cc3F)cc2C1. The molecule has 7 nitrogen and oxygen atoms in total. The molecule has 0 radical (unpaired) electrons. The fraction of sp³-hybridized carbons (Fsp3) is 0.286. The van der Waals surface area contributed by atoms with Gasteiger partial charge in [-0.3, -0.25) is 4.90 Å². The van der Waals surface area contributed by atoms with Gasteiger partial charge in [0.1, 0.15) is 17.7 Å². The molecule has 1 atom stereocenters. The first-order chi connectivity index (χ1) is 14.0. The van der Waals surface area contributed by atoms with E-state index in [0.29, 0.717) is 30.2 Å². The lowest BCUT2D eigenvalue weighted by Gasteiger charge is -2.17. The zero-order valence-electron chi connectivity index (χ0n) is 16.1. The molecule has 2 aromatic carbocycles. The van der Waals surface area contributed by atoms with Crippen LogP contribution < -0.4 is 16.0 Å². The number of cyclic esters (lactones) is 1. The van der Waals surface area contributed by atoms with E-state index in [9.17, 15) is 9.18 Å². The van der Waals surface area contributed by atoms with Crippen LogP contribution in [-0.4, -0.2) is 42.4 Å². The number of benzene rings is 2. The summed E-state index contributed by atoms with van der Waals surface area (Å²) in [5.41, 5.74) is 9.95. The van der Waals surface area contributed by atoms with Crippen LogP contribution >= 0.6 is 0 Å². The maximum atomic E-state index is 14.9. The Morgan fingerprint density at radius 1 is 1.31 bits per heavy atom. The molecular formula is C21H23FN4O3. The Kier molecular flexibility index (Phi) is 5.02. The van der Waals surface area contributed by atoms with Crippen molar-refractivity contribution in [1.29, 1.82) is 0 Å². The van der Waals surface area contributed by atoms with E-state index in [1.54, 1.807) is 25.4 Å². The number of aliphatic hydroxyl groups is 1. The van der Waals surface area contributed by atoms with Gasteiger partial charge in [-0.25, -0.2) is 9.18 Å². The number of carbonyl (C=O) groups excluding carboxylic acids is 1. The molecule has 152 valence electrons. The number of anilines is 1. The van der Waals surface area contributed by atoms with Crippen molar-refractivity contribution in [3.8, 4) is 11.1 Å². The third kappa shape index (κ3) is 3.58. The minimum Gasteiger partial charge on any atom is -0.441 e. The molecule has 2 aliphatic rings. The van der Waals surface area contributed by atoms with E-state index in [4.69, 9.17) is 15.6 Å². The molecular weight excluding hydrogens is 375 g/mol. The average Bonchev–Trinajstić information content (AvgIpc) is 3.30. The quantitative estimate of drug-likeness (QED) is 0.715. The summed E-state index contributed by atoms with van der Waals surface area (Å²) in [6.07, 6.45) is 0.575. The molecule has 2 aromatic rings. The van der Waals surface area contributed by atoms with Gasteiger partial charge in [-0.1, -0.05) is 12.1 Å². The number of fused-ring (bicyclic) bond motifs is 1. The molecule has 0 unspecified atom stereocenters. The van der Waals surface area contributed by atoms with E-state index in [1.165, 1.54) is 11.0 Å². The van der Waals surface area contributed by atoms with Crippen LogP contribution in [0.1, 0.15) is 11.1 Å².